The van der Waals surface area contributed by atoms with E-state index in [2.05, 4.69) is 0 Å². The van der Waals surface area contributed by atoms with E-state index in [1.54, 1.807) is 0 Å². The summed E-state index contributed by atoms with van der Waals surface area (Å²) < 4.78 is 55.8. The van der Waals surface area contributed by atoms with Crippen molar-refractivity contribution in [3.8, 4) is 11.5 Å². The van der Waals surface area contributed by atoms with Gasteiger partial charge in [0.1, 0.15) is 11.6 Å². The quantitative estimate of drug-likeness (QED) is 0.650. The lowest BCUT2D eigenvalue weighted by atomic mass is 10.2. The van der Waals surface area contributed by atoms with Crippen molar-refractivity contribution in [2.75, 3.05) is 5.73 Å². The summed E-state index contributed by atoms with van der Waals surface area (Å²) in [5.41, 5.74) is 5.23. The molecule has 0 aliphatic heterocycles. The van der Waals surface area contributed by atoms with Crippen molar-refractivity contribution in [3.05, 3.63) is 53.3 Å². The molecule has 20 heavy (non-hydrogen) atoms. The topological polar surface area (TPSA) is 35.2 Å². The average Bonchev–Trinajstić information content (AvgIpc) is 2.35. The Kier molecular flexibility index (Phi) is 3.57. The van der Waals surface area contributed by atoms with Crippen molar-refractivity contribution in [3.63, 3.8) is 0 Å². The molecule has 0 atom stereocenters. The molecule has 106 valence electrons. The largest absolute Gasteiger partial charge is 0.455 e. The van der Waals surface area contributed by atoms with Crippen LogP contribution in [0.25, 0.3) is 0 Å². The third kappa shape index (κ3) is 3.01. The molecule has 0 unspecified atom stereocenters. The first-order valence-electron chi connectivity index (χ1n) is 5.68. The number of alkyl halides is 3. The predicted octanol–water partition coefficient (Wildman–Crippen LogP) is 4.53. The molecule has 2 N–H and O–H groups in total. The first kappa shape index (κ1) is 14.2. The third-order valence-corrected chi connectivity index (χ3v) is 2.70. The maximum absolute atomic E-state index is 13.2. The molecule has 2 aromatic rings. The number of ether oxygens (including phenoxy) is 1. The van der Waals surface area contributed by atoms with Crippen molar-refractivity contribution in [2.45, 2.75) is 13.1 Å². The van der Waals surface area contributed by atoms with Crippen LogP contribution in [0.1, 0.15) is 11.1 Å². The number of rotatable bonds is 2. The zero-order valence-corrected chi connectivity index (χ0v) is 10.5. The highest BCUT2D eigenvalue weighted by molar-refractivity contribution is 5.55. The fourth-order valence-electron chi connectivity index (χ4n) is 1.60. The fourth-order valence-corrected chi connectivity index (χ4v) is 1.60. The highest BCUT2D eigenvalue weighted by Gasteiger charge is 2.30. The smallest absolute Gasteiger partial charge is 0.416 e. The minimum Gasteiger partial charge on any atom is -0.455 e. The Morgan fingerprint density at radius 1 is 1.05 bits per heavy atom. The lowest BCUT2D eigenvalue weighted by Crippen LogP contribution is -2.04. The molecule has 0 saturated carbocycles. The number of halogens is 4. The number of hydrogen-bond donors (Lipinski definition) is 1. The monoisotopic (exact) mass is 285 g/mol. The molecule has 0 heterocycles. The summed E-state index contributed by atoms with van der Waals surface area (Å²) in [7, 11) is 0. The van der Waals surface area contributed by atoms with E-state index >= 15 is 0 Å². The fraction of sp³-hybridized carbons (Fsp3) is 0.143. The summed E-state index contributed by atoms with van der Waals surface area (Å²) in [5.74, 6) is -0.0818. The minimum atomic E-state index is -4.40. The van der Waals surface area contributed by atoms with Gasteiger partial charge < -0.3 is 10.5 Å². The molecule has 0 bridgehead atoms. The van der Waals surface area contributed by atoms with Gasteiger partial charge in [-0.1, -0.05) is 0 Å². The van der Waals surface area contributed by atoms with Gasteiger partial charge in [0.2, 0.25) is 0 Å². The van der Waals surface area contributed by atoms with E-state index in [1.165, 1.54) is 25.1 Å². The maximum atomic E-state index is 13.2. The Labute approximate surface area is 112 Å². The van der Waals surface area contributed by atoms with Crippen molar-refractivity contribution in [2.24, 2.45) is 0 Å². The van der Waals surface area contributed by atoms with Gasteiger partial charge in [0.05, 0.1) is 11.3 Å². The lowest BCUT2D eigenvalue weighted by molar-refractivity contribution is -0.137. The van der Waals surface area contributed by atoms with Gasteiger partial charge >= 0.3 is 6.18 Å². The highest BCUT2D eigenvalue weighted by atomic mass is 19.4. The molecule has 0 fully saturated rings. The van der Waals surface area contributed by atoms with Crippen LogP contribution in [0.3, 0.4) is 0 Å². The normalized spacial score (nSPS) is 11.4. The van der Waals surface area contributed by atoms with Crippen molar-refractivity contribution < 1.29 is 22.3 Å². The second kappa shape index (κ2) is 5.03. The Bertz CT molecular complexity index is 620. The highest BCUT2D eigenvalue weighted by Crippen LogP contribution is 2.33. The summed E-state index contributed by atoms with van der Waals surface area (Å²) >= 11 is 0. The van der Waals surface area contributed by atoms with E-state index in [0.29, 0.717) is 5.56 Å². The molecule has 0 aliphatic rings. The summed E-state index contributed by atoms with van der Waals surface area (Å²) in [6, 6.07) is 6.67. The van der Waals surface area contributed by atoms with Gasteiger partial charge in [-0.15, -0.1) is 0 Å². The Balaban J connectivity index is 2.25. The van der Waals surface area contributed by atoms with Crippen molar-refractivity contribution in [1.82, 2.24) is 0 Å². The molecule has 0 aliphatic carbocycles. The van der Waals surface area contributed by atoms with Gasteiger partial charge in [-0.2, -0.15) is 13.2 Å². The number of nitrogen functional groups attached to an aromatic ring is 1. The van der Waals surface area contributed by atoms with E-state index in [4.69, 9.17) is 10.5 Å². The molecule has 0 radical (unpaired) electrons. The first-order chi connectivity index (χ1) is 9.27. The summed E-state index contributed by atoms with van der Waals surface area (Å²) in [6.07, 6.45) is -4.40. The molecule has 0 saturated heterocycles. The Hall–Kier alpha value is -2.24. The van der Waals surface area contributed by atoms with Gasteiger partial charge in [-0.3, -0.25) is 0 Å². The van der Waals surface area contributed by atoms with E-state index in [0.717, 1.165) is 18.2 Å². The van der Waals surface area contributed by atoms with Gasteiger partial charge in [-0.25, -0.2) is 4.39 Å². The Morgan fingerprint density at radius 3 is 2.20 bits per heavy atom. The number of benzene rings is 2. The lowest BCUT2D eigenvalue weighted by Gasteiger charge is -2.11. The second-order valence-corrected chi connectivity index (χ2v) is 4.26. The van der Waals surface area contributed by atoms with E-state index in [-0.39, 0.29) is 17.2 Å². The standard InChI is InChI=1S/C14H11F4NO/c1-8-6-13(12(19)7-11(8)15)20-10-4-2-9(3-5-10)14(16,17)18/h2-7H,19H2,1H3. The summed E-state index contributed by atoms with van der Waals surface area (Å²) in [6.45, 7) is 1.54. The molecule has 2 aromatic carbocycles. The summed E-state index contributed by atoms with van der Waals surface area (Å²) in [4.78, 5) is 0. The molecule has 0 amide bonds. The van der Waals surface area contributed by atoms with Crippen molar-refractivity contribution >= 4 is 5.69 Å². The zero-order chi connectivity index (χ0) is 14.9. The number of anilines is 1. The second-order valence-electron chi connectivity index (χ2n) is 4.26. The van der Waals surface area contributed by atoms with Crippen LogP contribution in [-0.2, 0) is 6.18 Å². The number of hydrogen-bond acceptors (Lipinski definition) is 2. The van der Waals surface area contributed by atoms with Crippen LogP contribution < -0.4 is 10.5 Å². The average molecular weight is 285 g/mol. The molecular weight excluding hydrogens is 274 g/mol. The molecule has 2 rings (SSSR count). The van der Waals surface area contributed by atoms with Gasteiger partial charge in [0.15, 0.2) is 5.75 Å². The van der Waals surface area contributed by atoms with Crippen LogP contribution in [0.4, 0.5) is 23.2 Å². The molecule has 0 aromatic heterocycles. The van der Waals surface area contributed by atoms with E-state index < -0.39 is 17.6 Å². The Morgan fingerprint density at radius 2 is 1.65 bits per heavy atom. The van der Waals surface area contributed by atoms with Crippen LogP contribution in [0.15, 0.2) is 36.4 Å². The zero-order valence-electron chi connectivity index (χ0n) is 10.5. The van der Waals surface area contributed by atoms with E-state index in [9.17, 15) is 17.6 Å². The molecule has 0 spiro atoms. The molecular formula is C14H11F4NO. The maximum Gasteiger partial charge on any atom is 0.416 e. The van der Waals surface area contributed by atoms with Gasteiger partial charge in [-0.05, 0) is 42.8 Å². The first-order valence-corrected chi connectivity index (χ1v) is 5.68. The van der Waals surface area contributed by atoms with Crippen LogP contribution in [0.2, 0.25) is 0 Å². The SMILES string of the molecule is Cc1cc(Oc2ccc(C(F)(F)F)cc2)c(N)cc1F. The minimum absolute atomic E-state index is 0.0768. The van der Waals surface area contributed by atoms with Crippen LogP contribution in [-0.4, -0.2) is 0 Å². The van der Waals surface area contributed by atoms with E-state index in [1.807, 2.05) is 0 Å². The number of aryl methyl sites for hydroxylation is 1. The van der Waals surface area contributed by atoms with Gasteiger partial charge in [0, 0.05) is 6.07 Å². The van der Waals surface area contributed by atoms with Gasteiger partial charge in [0.25, 0.3) is 0 Å². The van der Waals surface area contributed by atoms with Crippen LogP contribution >= 0.6 is 0 Å². The molecule has 6 heteroatoms. The summed E-state index contributed by atoms with van der Waals surface area (Å²) in [5, 5.41) is 0. The molecule has 2 nitrogen and oxygen atoms in total. The van der Waals surface area contributed by atoms with Crippen molar-refractivity contribution in [1.29, 1.82) is 0 Å². The third-order valence-electron chi connectivity index (χ3n) is 2.70. The number of nitrogens with two attached hydrogens (primary N) is 1. The predicted molar refractivity (Wildman–Crippen MR) is 67.1 cm³/mol. The van der Waals surface area contributed by atoms with Crippen LogP contribution in [0.5, 0.6) is 11.5 Å². The van der Waals surface area contributed by atoms with Crippen LogP contribution in [0, 0.1) is 12.7 Å².